The zero-order valence-electron chi connectivity index (χ0n) is 15.2. The fourth-order valence-electron chi connectivity index (χ4n) is 3.19. The zero-order chi connectivity index (χ0) is 20.0. The number of unbranched alkanes of at least 4 members (excludes halogenated alkanes) is 1. The van der Waals surface area contributed by atoms with Crippen molar-refractivity contribution in [2.24, 2.45) is 17.4 Å². The molecular weight excluding hydrogens is 363 g/mol. The van der Waals surface area contributed by atoms with E-state index < -0.39 is 34.8 Å². The summed E-state index contributed by atoms with van der Waals surface area (Å²) in [6, 6.07) is 0. The SMILES string of the molecule is CCCCN(CCN)S(=O)(=O)N1C[C@H](CCCB(O)O)[C@](N)(C(=O)O)C1. The van der Waals surface area contributed by atoms with Crippen LogP contribution in [0.3, 0.4) is 0 Å². The van der Waals surface area contributed by atoms with Crippen LogP contribution >= 0.6 is 0 Å². The molecular formula is C14H31BN4O6S. The first-order chi connectivity index (χ1) is 12.1. The number of nitrogens with two attached hydrogens (primary N) is 2. The van der Waals surface area contributed by atoms with Crippen LogP contribution in [0, 0.1) is 5.92 Å². The molecule has 1 heterocycles. The third-order valence-corrected chi connectivity index (χ3v) is 6.74. The lowest BCUT2D eigenvalue weighted by molar-refractivity contribution is -0.144. The van der Waals surface area contributed by atoms with Crippen LogP contribution < -0.4 is 11.5 Å². The Morgan fingerprint density at radius 2 is 2.00 bits per heavy atom. The van der Waals surface area contributed by atoms with Crippen LogP contribution in [0.2, 0.25) is 6.32 Å². The molecule has 26 heavy (non-hydrogen) atoms. The van der Waals surface area contributed by atoms with Crippen LogP contribution in [0.1, 0.15) is 32.6 Å². The van der Waals surface area contributed by atoms with Gasteiger partial charge in [-0.3, -0.25) is 4.79 Å². The third-order valence-electron chi connectivity index (χ3n) is 4.80. The van der Waals surface area contributed by atoms with E-state index in [-0.39, 0.29) is 38.9 Å². The summed E-state index contributed by atoms with van der Waals surface area (Å²) in [6.45, 7) is 2.26. The Morgan fingerprint density at radius 1 is 1.35 bits per heavy atom. The van der Waals surface area contributed by atoms with E-state index in [1.807, 2.05) is 6.92 Å². The van der Waals surface area contributed by atoms with E-state index in [9.17, 15) is 18.3 Å². The molecule has 7 N–H and O–H groups in total. The van der Waals surface area contributed by atoms with E-state index in [2.05, 4.69) is 0 Å². The molecule has 0 aromatic carbocycles. The van der Waals surface area contributed by atoms with Crippen LogP contribution in [0.5, 0.6) is 0 Å². The van der Waals surface area contributed by atoms with Crippen molar-refractivity contribution in [1.82, 2.24) is 8.61 Å². The highest BCUT2D eigenvalue weighted by Crippen LogP contribution is 2.33. The van der Waals surface area contributed by atoms with Gasteiger partial charge in [0.1, 0.15) is 5.54 Å². The molecule has 0 bridgehead atoms. The van der Waals surface area contributed by atoms with E-state index in [0.717, 1.165) is 10.7 Å². The number of carboxylic acids is 1. The molecule has 0 aromatic rings. The highest BCUT2D eigenvalue weighted by Gasteiger charge is 2.53. The maximum absolute atomic E-state index is 12.9. The monoisotopic (exact) mass is 394 g/mol. The first kappa shape index (κ1) is 23.3. The third kappa shape index (κ3) is 5.62. The maximum atomic E-state index is 12.9. The largest absolute Gasteiger partial charge is 0.480 e. The zero-order valence-corrected chi connectivity index (χ0v) is 16.1. The maximum Gasteiger partial charge on any atom is 0.451 e. The summed E-state index contributed by atoms with van der Waals surface area (Å²) in [5.41, 5.74) is 9.88. The summed E-state index contributed by atoms with van der Waals surface area (Å²) in [6.07, 6.45) is 2.20. The number of carboxylic acid groups (broad SMARTS) is 1. The average molecular weight is 394 g/mol. The summed E-state index contributed by atoms with van der Waals surface area (Å²) in [5.74, 6) is -1.87. The molecule has 10 nitrogen and oxygen atoms in total. The number of carbonyl (C=O) groups is 1. The number of hydrogen-bond donors (Lipinski definition) is 5. The van der Waals surface area contributed by atoms with Crippen molar-refractivity contribution < 1.29 is 28.4 Å². The van der Waals surface area contributed by atoms with Gasteiger partial charge in [-0.25, -0.2) is 0 Å². The second-order valence-corrected chi connectivity index (χ2v) is 8.72. The van der Waals surface area contributed by atoms with E-state index in [1.165, 1.54) is 4.31 Å². The fraction of sp³-hybridized carbons (Fsp3) is 0.929. The van der Waals surface area contributed by atoms with Gasteiger partial charge < -0.3 is 26.6 Å². The quantitative estimate of drug-likeness (QED) is 0.243. The van der Waals surface area contributed by atoms with Gasteiger partial charge in [0.2, 0.25) is 0 Å². The molecule has 1 fully saturated rings. The number of aliphatic carboxylic acids is 1. The molecule has 0 radical (unpaired) electrons. The predicted molar refractivity (Wildman–Crippen MR) is 98.3 cm³/mol. The van der Waals surface area contributed by atoms with Gasteiger partial charge in [-0.15, -0.1) is 0 Å². The van der Waals surface area contributed by atoms with Gasteiger partial charge in [-0.2, -0.15) is 17.0 Å². The van der Waals surface area contributed by atoms with Crippen LogP contribution in [-0.4, -0.2) is 83.5 Å². The predicted octanol–water partition coefficient (Wildman–Crippen LogP) is -1.74. The molecule has 12 heteroatoms. The Hall–Kier alpha value is -0.755. The summed E-state index contributed by atoms with van der Waals surface area (Å²) < 4.78 is 28.3. The van der Waals surface area contributed by atoms with E-state index in [4.69, 9.17) is 21.5 Å². The van der Waals surface area contributed by atoms with E-state index in [0.29, 0.717) is 19.4 Å². The summed E-state index contributed by atoms with van der Waals surface area (Å²) in [4.78, 5) is 11.7. The standard InChI is InChI=1S/C14H31BN4O6S/c1-2-3-8-18(9-7-16)26(24,25)19-10-12(5-4-6-15(22)23)14(17,11-19)13(20)21/h12,22-23H,2-11,16-17H2,1H3,(H,20,21)/t12-,14-/m0/s1. The number of nitrogens with zero attached hydrogens (tertiary/aromatic N) is 2. The van der Waals surface area contributed by atoms with Crippen molar-refractivity contribution in [2.45, 2.75) is 44.5 Å². The van der Waals surface area contributed by atoms with Gasteiger partial charge in [0.25, 0.3) is 10.2 Å². The summed E-state index contributed by atoms with van der Waals surface area (Å²) >= 11 is 0. The highest BCUT2D eigenvalue weighted by atomic mass is 32.2. The van der Waals surface area contributed by atoms with Gasteiger partial charge in [0.15, 0.2) is 0 Å². The minimum atomic E-state index is -3.87. The van der Waals surface area contributed by atoms with Crippen molar-refractivity contribution in [3.8, 4) is 0 Å². The van der Waals surface area contributed by atoms with Crippen molar-refractivity contribution in [1.29, 1.82) is 0 Å². The van der Waals surface area contributed by atoms with E-state index >= 15 is 0 Å². The molecule has 0 saturated carbocycles. The number of rotatable bonds is 12. The lowest BCUT2D eigenvalue weighted by Crippen LogP contribution is -2.55. The van der Waals surface area contributed by atoms with Crippen molar-refractivity contribution in [2.75, 3.05) is 32.7 Å². The molecule has 152 valence electrons. The molecule has 1 rings (SSSR count). The second kappa shape index (κ2) is 9.97. The van der Waals surface area contributed by atoms with Gasteiger partial charge in [0, 0.05) is 38.6 Å². The van der Waals surface area contributed by atoms with Crippen LogP contribution in [0.4, 0.5) is 0 Å². The Morgan fingerprint density at radius 3 is 2.50 bits per heavy atom. The Bertz CT molecular complexity index is 564. The molecule has 0 aromatic heterocycles. The average Bonchev–Trinajstić information content (AvgIpc) is 2.90. The van der Waals surface area contributed by atoms with Crippen molar-refractivity contribution in [3.05, 3.63) is 0 Å². The Kier molecular flexibility index (Phi) is 8.93. The molecule has 2 atom stereocenters. The van der Waals surface area contributed by atoms with Crippen molar-refractivity contribution >= 4 is 23.3 Å². The summed E-state index contributed by atoms with van der Waals surface area (Å²) in [7, 11) is -5.35. The normalized spacial score (nSPS) is 24.3. The minimum absolute atomic E-state index is 0.0140. The summed E-state index contributed by atoms with van der Waals surface area (Å²) in [5, 5.41) is 27.4. The molecule has 0 unspecified atom stereocenters. The molecule has 1 saturated heterocycles. The molecule has 1 aliphatic rings. The first-order valence-corrected chi connectivity index (χ1v) is 10.3. The lowest BCUT2D eigenvalue weighted by Gasteiger charge is -2.27. The van der Waals surface area contributed by atoms with Crippen molar-refractivity contribution in [3.63, 3.8) is 0 Å². The van der Waals surface area contributed by atoms with Gasteiger partial charge >= 0.3 is 13.1 Å². The Balaban J connectivity index is 2.96. The van der Waals surface area contributed by atoms with Gasteiger partial charge in [0.05, 0.1) is 0 Å². The molecule has 0 aliphatic carbocycles. The topological polar surface area (TPSA) is 170 Å². The number of hydrogen-bond acceptors (Lipinski definition) is 7. The smallest absolute Gasteiger partial charge is 0.451 e. The van der Waals surface area contributed by atoms with Gasteiger partial charge in [-0.1, -0.05) is 19.8 Å². The molecule has 1 aliphatic heterocycles. The highest BCUT2D eigenvalue weighted by molar-refractivity contribution is 7.86. The fourth-order valence-corrected chi connectivity index (χ4v) is 4.96. The van der Waals surface area contributed by atoms with E-state index in [1.54, 1.807) is 0 Å². The minimum Gasteiger partial charge on any atom is -0.480 e. The molecule has 0 amide bonds. The van der Waals surface area contributed by atoms with Gasteiger partial charge in [-0.05, 0) is 19.2 Å². The second-order valence-electron chi connectivity index (χ2n) is 6.80. The lowest BCUT2D eigenvalue weighted by atomic mass is 9.78. The van der Waals surface area contributed by atoms with Crippen LogP contribution in [0.25, 0.3) is 0 Å². The first-order valence-electron chi connectivity index (χ1n) is 8.93. The van der Waals surface area contributed by atoms with Crippen LogP contribution in [-0.2, 0) is 15.0 Å². The van der Waals surface area contributed by atoms with Crippen LogP contribution in [0.15, 0.2) is 0 Å². The molecule has 0 spiro atoms. The Labute approximate surface area is 155 Å².